The molecule has 1 unspecified atom stereocenters. The molecule has 266 valence electrons. The van der Waals surface area contributed by atoms with Gasteiger partial charge in [-0.3, -0.25) is 0 Å². The first kappa shape index (κ1) is 33.1. The van der Waals surface area contributed by atoms with Gasteiger partial charge >= 0.3 is 0 Å². The van der Waals surface area contributed by atoms with Gasteiger partial charge in [0.1, 0.15) is 0 Å². The number of benzene rings is 10. The van der Waals surface area contributed by atoms with Gasteiger partial charge in [0.2, 0.25) is 0 Å². The maximum atomic E-state index is 2.46. The smallest absolute Gasteiger partial charge is 0.0352 e. The quantitative estimate of drug-likeness (QED) is 0.118. The average molecular weight is 723 g/mol. The van der Waals surface area contributed by atoms with Gasteiger partial charge in [-0.15, -0.1) is 0 Å². The van der Waals surface area contributed by atoms with E-state index in [4.69, 9.17) is 0 Å². The Hall–Kier alpha value is -7.28. The summed E-state index contributed by atoms with van der Waals surface area (Å²) in [6.45, 7) is 0. The molecule has 0 spiro atoms. The predicted octanol–water partition coefficient (Wildman–Crippen LogP) is 15.5. The first-order valence-electron chi connectivity index (χ1n) is 19.9. The molecule has 0 aromatic heterocycles. The van der Waals surface area contributed by atoms with Gasteiger partial charge in [-0.25, -0.2) is 0 Å². The van der Waals surface area contributed by atoms with Crippen LogP contribution in [0.2, 0.25) is 0 Å². The third kappa shape index (κ3) is 5.77. The van der Waals surface area contributed by atoms with Crippen molar-refractivity contribution in [3.63, 3.8) is 0 Å². The molecule has 0 N–H and O–H groups in total. The van der Waals surface area contributed by atoms with E-state index in [-0.39, 0.29) is 5.92 Å². The summed E-state index contributed by atoms with van der Waals surface area (Å²) in [5.74, 6) is 0.170. The highest BCUT2D eigenvalue weighted by atomic mass is 14.3. The summed E-state index contributed by atoms with van der Waals surface area (Å²) < 4.78 is 0. The lowest BCUT2D eigenvalue weighted by atomic mass is 9.84. The average Bonchev–Trinajstić information content (AvgIpc) is 3.61. The lowest BCUT2D eigenvalue weighted by Crippen LogP contribution is -1.99. The fourth-order valence-corrected chi connectivity index (χ4v) is 9.26. The van der Waals surface area contributed by atoms with Gasteiger partial charge in [0.05, 0.1) is 0 Å². The lowest BCUT2D eigenvalue weighted by Gasteiger charge is -2.19. The molecule has 0 bridgehead atoms. The van der Waals surface area contributed by atoms with Crippen LogP contribution in [0.1, 0.15) is 33.7 Å². The zero-order valence-corrected chi connectivity index (χ0v) is 31.4. The summed E-state index contributed by atoms with van der Waals surface area (Å²) in [6, 6.07) is 78.2. The Kier molecular flexibility index (Phi) is 8.00. The van der Waals surface area contributed by atoms with Crippen molar-refractivity contribution in [3.8, 4) is 44.5 Å². The molecule has 0 radical (unpaired) electrons. The minimum absolute atomic E-state index is 0.170. The van der Waals surface area contributed by atoms with Crippen LogP contribution in [0.25, 0.3) is 89.0 Å². The number of hydrogen-bond acceptors (Lipinski definition) is 0. The third-order valence-corrected chi connectivity index (χ3v) is 11.9. The van der Waals surface area contributed by atoms with Crippen LogP contribution < -0.4 is 0 Å². The summed E-state index contributed by atoms with van der Waals surface area (Å²) in [4.78, 5) is 0. The van der Waals surface area contributed by atoms with Crippen LogP contribution in [0.4, 0.5) is 0 Å². The van der Waals surface area contributed by atoms with Crippen LogP contribution in [0.15, 0.2) is 212 Å². The van der Waals surface area contributed by atoms with Gasteiger partial charge in [-0.2, -0.15) is 0 Å². The molecule has 57 heavy (non-hydrogen) atoms. The fourth-order valence-electron chi connectivity index (χ4n) is 9.26. The van der Waals surface area contributed by atoms with E-state index in [0.29, 0.717) is 0 Å². The summed E-state index contributed by atoms with van der Waals surface area (Å²) in [6.07, 6.45) is 4.37. The highest BCUT2D eigenvalue weighted by molar-refractivity contribution is 6.22. The molecule has 0 nitrogen and oxygen atoms in total. The van der Waals surface area contributed by atoms with Gasteiger partial charge in [0.25, 0.3) is 0 Å². The standard InChI is InChI=1S/C57H38/c1-2-13-38(14-3-1)25-26-39-15-12-18-43(35-39)41-27-30-42(31-28-41)55-48-20-7-6-19-47(48)54-37-46(33-34-53(54)55)57-51-23-10-8-21-49(51)56(50-22-9-11-24-52(50)57)45-32-29-40-16-4-5-17-44(40)36-45/h1-37,55H. The molecule has 10 aromatic rings. The molecule has 0 amide bonds. The fraction of sp³-hybridized carbons (Fsp3) is 0.0175. The second kappa shape index (κ2) is 13.8. The summed E-state index contributed by atoms with van der Waals surface area (Å²) >= 11 is 0. The van der Waals surface area contributed by atoms with Crippen LogP contribution in [0, 0.1) is 0 Å². The second-order valence-electron chi connectivity index (χ2n) is 15.2. The van der Waals surface area contributed by atoms with E-state index in [1.165, 1.54) is 105 Å². The molecular weight excluding hydrogens is 685 g/mol. The topological polar surface area (TPSA) is 0 Å². The Morgan fingerprint density at radius 3 is 1.58 bits per heavy atom. The van der Waals surface area contributed by atoms with Crippen LogP contribution in [-0.4, -0.2) is 0 Å². The van der Waals surface area contributed by atoms with Crippen LogP contribution >= 0.6 is 0 Å². The molecule has 1 aliphatic carbocycles. The van der Waals surface area contributed by atoms with E-state index in [1.807, 2.05) is 0 Å². The van der Waals surface area contributed by atoms with Gasteiger partial charge < -0.3 is 0 Å². The minimum Gasteiger partial charge on any atom is -0.0622 e. The second-order valence-corrected chi connectivity index (χ2v) is 15.2. The Morgan fingerprint density at radius 2 is 0.842 bits per heavy atom. The first-order valence-corrected chi connectivity index (χ1v) is 19.9. The molecule has 0 saturated heterocycles. The van der Waals surface area contributed by atoms with E-state index in [2.05, 4.69) is 224 Å². The van der Waals surface area contributed by atoms with Gasteiger partial charge in [0, 0.05) is 5.92 Å². The Labute approximate surface area is 333 Å². The van der Waals surface area contributed by atoms with Gasteiger partial charge in [-0.1, -0.05) is 206 Å². The van der Waals surface area contributed by atoms with Crippen molar-refractivity contribution in [1.82, 2.24) is 0 Å². The zero-order chi connectivity index (χ0) is 37.7. The van der Waals surface area contributed by atoms with E-state index in [9.17, 15) is 0 Å². The minimum atomic E-state index is 0.170. The highest BCUT2D eigenvalue weighted by Gasteiger charge is 2.30. The maximum Gasteiger partial charge on any atom is 0.0352 e. The summed E-state index contributed by atoms with van der Waals surface area (Å²) in [5.41, 5.74) is 16.6. The zero-order valence-electron chi connectivity index (χ0n) is 31.4. The van der Waals surface area contributed by atoms with Crippen molar-refractivity contribution in [2.45, 2.75) is 5.92 Å². The van der Waals surface area contributed by atoms with Crippen molar-refractivity contribution >= 4 is 44.5 Å². The summed E-state index contributed by atoms with van der Waals surface area (Å²) in [5, 5.41) is 7.62. The molecule has 0 saturated carbocycles. The predicted molar refractivity (Wildman–Crippen MR) is 243 cm³/mol. The van der Waals surface area contributed by atoms with Crippen LogP contribution in [0.3, 0.4) is 0 Å². The van der Waals surface area contributed by atoms with E-state index in [0.717, 1.165) is 0 Å². The largest absolute Gasteiger partial charge is 0.0622 e. The highest BCUT2D eigenvalue weighted by Crippen LogP contribution is 2.51. The molecule has 0 heterocycles. The van der Waals surface area contributed by atoms with E-state index in [1.54, 1.807) is 0 Å². The number of fused-ring (bicyclic) bond motifs is 6. The molecule has 0 fully saturated rings. The van der Waals surface area contributed by atoms with Crippen molar-refractivity contribution in [3.05, 3.63) is 240 Å². The number of hydrogen-bond donors (Lipinski definition) is 0. The van der Waals surface area contributed by atoms with E-state index >= 15 is 0 Å². The monoisotopic (exact) mass is 722 g/mol. The van der Waals surface area contributed by atoms with Crippen molar-refractivity contribution in [2.24, 2.45) is 0 Å². The van der Waals surface area contributed by atoms with Crippen molar-refractivity contribution < 1.29 is 0 Å². The van der Waals surface area contributed by atoms with Crippen molar-refractivity contribution in [1.29, 1.82) is 0 Å². The lowest BCUT2D eigenvalue weighted by molar-refractivity contribution is 1.02. The molecule has 10 aromatic carbocycles. The molecule has 0 aliphatic heterocycles. The first-order chi connectivity index (χ1) is 28.3. The molecule has 1 aliphatic rings. The summed E-state index contributed by atoms with van der Waals surface area (Å²) in [7, 11) is 0. The van der Waals surface area contributed by atoms with Gasteiger partial charge in [0.15, 0.2) is 0 Å². The normalized spacial score (nSPS) is 13.4. The van der Waals surface area contributed by atoms with Gasteiger partial charge in [-0.05, 0) is 123 Å². The third-order valence-electron chi connectivity index (χ3n) is 11.9. The van der Waals surface area contributed by atoms with Crippen LogP contribution in [0.5, 0.6) is 0 Å². The molecular formula is C57H38. The van der Waals surface area contributed by atoms with Crippen LogP contribution in [-0.2, 0) is 0 Å². The maximum absolute atomic E-state index is 2.46. The molecule has 0 heteroatoms. The Balaban J connectivity index is 1.000. The Bertz CT molecular complexity index is 3110. The van der Waals surface area contributed by atoms with E-state index < -0.39 is 0 Å². The van der Waals surface area contributed by atoms with Crippen molar-refractivity contribution in [2.75, 3.05) is 0 Å². The SMILES string of the molecule is C(=Cc1cccc(-c2ccc(C3c4ccccc4-c4cc(-c5c6ccccc6c(-c6ccc7ccccc7c6)c6ccccc56)ccc43)cc2)c1)c1ccccc1. The Morgan fingerprint density at radius 1 is 0.298 bits per heavy atom. The number of rotatable bonds is 6. The molecule has 11 rings (SSSR count). The molecule has 1 atom stereocenters.